The summed E-state index contributed by atoms with van der Waals surface area (Å²) >= 11 is 0. The summed E-state index contributed by atoms with van der Waals surface area (Å²) in [7, 11) is 0. The van der Waals surface area contributed by atoms with Gasteiger partial charge in [-0.2, -0.15) is 0 Å². The number of carbonyl (C=O) groups is 1. The van der Waals surface area contributed by atoms with Crippen molar-refractivity contribution >= 4 is 5.97 Å². The van der Waals surface area contributed by atoms with Crippen LogP contribution in [-0.2, 0) is 0 Å². The van der Waals surface area contributed by atoms with E-state index >= 15 is 0 Å². The standard InChI is InChI=1S/C12H10N2O2/c1-9-3-5-10(6-4-9)16-12(15)11-13-7-2-8-14-11/h2-8H,1H3. The Morgan fingerprint density at radius 1 is 1.12 bits per heavy atom. The number of nitrogens with zero attached hydrogens (tertiary/aromatic N) is 2. The summed E-state index contributed by atoms with van der Waals surface area (Å²) in [6.45, 7) is 1.96. The highest BCUT2D eigenvalue weighted by Gasteiger charge is 2.10. The third-order valence-corrected chi connectivity index (χ3v) is 1.98. The average molecular weight is 214 g/mol. The van der Waals surface area contributed by atoms with Gasteiger partial charge in [0.25, 0.3) is 0 Å². The molecular weight excluding hydrogens is 204 g/mol. The van der Waals surface area contributed by atoms with Crippen LogP contribution in [0.4, 0.5) is 0 Å². The average Bonchev–Trinajstić information content (AvgIpc) is 2.33. The lowest BCUT2D eigenvalue weighted by atomic mass is 10.2. The Labute approximate surface area is 92.9 Å². The molecule has 0 spiro atoms. The van der Waals surface area contributed by atoms with Crippen LogP contribution in [-0.4, -0.2) is 15.9 Å². The van der Waals surface area contributed by atoms with Crippen molar-refractivity contribution in [3.8, 4) is 5.75 Å². The molecule has 1 heterocycles. The zero-order valence-corrected chi connectivity index (χ0v) is 8.75. The van der Waals surface area contributed by atoms with Crippen molar-refractivity contribution in [1.29, 1.82) is 0 Å². The number of hydrogen-bond donors (Lipinski definition) is 0. The highest BCUT2D eigenvalue weighted by Crippen LogP contribution is 2.12. The quantitative estimate of drug-likeness (QED) is 0.566. The summed E-state index contributed by atoms with van der Waals surface area (Å²) in [4.78, 5) is 19.2. The maximum atomic E-state index is 11.6. The number of hydrogen-bond acceptors (Lipinski definition) is 4. The van der Waals surface area contributed by atoms with Crippen LogP contribution in [0, 0.1) is 6.92 Å². The molecule has 2 aromatic rings. The fourth-order valence-electron chi connectivity index (χ4n) is 1.16. The van der Waals surface area contributed by atoms with Crippen LogP contribution < -0.4 is 4.74 Å². The molecule has 0 aliphatic rings. The first-order chi connectivity index (χ1) is 7.75. The van der Waals surface area contributed by atoms with Gasteiger partial charge in [-0.3, -0.25) is 0 Å². The molecule has 0 bridgehead atoms. The Hall–Kier alpha value is -2.23. The lowest BCUT2D eigenvalue weighted by molar-refractivity contribution is 0.0722. The van der Waals surface area contributed by atoms with E-state index in [1.54, 1.807) is 18.2 Å². The predicted molar refractivity (Wildman–Crippen MR) is 58.2 cm³/mol. The first-order valence-electron chi connectivity index (χ1n) is 4.81. The fourth-order valence-corrected chi connectivity index (χ4v) is 1.16. The summed E-state index contributed by atoms with van der Waals surface area (Å²) in [6.07, 6.45) is 3.00. The van der Waals surface area contributed by atoms with Gasteiger partial charge >= 0.3 is 5.97 Å². The molecule has 16 heavy (non-hydrogen) atoms. The molecule has 0 amide bonds. The second-order valence-electron chi connectivity index (χ2n) is 3.27. The zero-order valence-electron chi connectivity index (χ0n) is 8.75. The normalized spacial score (nSPS) is 9.81. The summed E-state index contributed by atoms with van der Waals surface area (Å²) in [5.41, 5.74) is 1.11. The van der Waals surface area contributed by atoms with Crippen molar-refractivity contribution in [3.63, 3.8) is 0 Å². The predicted octanol–water partition coefficient (Wildman–Crippen LogP) is 2.00. The largest absolute Gasteiger partial charge is 0.421 e. The third-order valence-electron chi connectivity index (χ3n) is 1.98. The SMILES string of the molecule is Cc1ccc(OC(=O)c2ncccn2)cc1. The molecule has 0 saturated carbocycles. The molecule has 0 saturated heterocycles. The highest BCUT2D eigenvalue weighted by molar-refractivity contribution is 5.86. The molecule has 0 fully saturated rings. The van der Waals surface area contributed by atoms with Crippen LogP contribution in [0.5, 0.6) is 5.75 Å². The minimum atomic E-state index is -0.551. The maximum absolute atomic E-state index is 11.6. The summed E-state index contributed by atoms with van der Waals surface area (Å²) in [5, 5.41) is 0. The van der Waals surface area contributed by atoms with E-state index in [-0.39, 0.29) is 5.82 Å². The smallest absolute Gasteiger partial charge is 0.381 e. The molecule has 2 rings (SSSR count). The minimum absolute atomic E-state index is 0.0584. The first-order valence-corrected chi connectivity index (χ1v) is 4.81. The first kappa shape index (κ1) is 10.3. The van der Waals surface area contributed by atoms with Gasteiger partial charge in [-0.1, -0.05) is 17.7 Å². The number of aryl methyl sites for hydroxylation is 1. The van der Waals surface area contributed by atoms with Crippen LogP contribution in [0.1, 0.15) is 16.2 Å². The Kier molecular flexibility index (Phi) is 2.91. The number of ether oxygens (including phenoxy) is 1. The zero-order chi connectivity index (χ0) is 11.4. The monoisotopic (exact) mass is 214 g/mol. The van der Waals surface area contributed by atoms with Crippen molar-refractivity contribution in [1.82, 2.24) is 9.97 Å². The number of benzene rings is 1. The molecular formula is C12H10N2O2. The number of aromatic nitrogens is 2. The van der Waals surface area contributed by atoms with Gasteiger partial charge in [-0.05, 0) is 25.1 Å². The lowest BCUT2D eigenvalue weighted by Gasteiger charge is -2.02. The Bertz CT molecular complexity index is 480. The molecule has 4 heteroatoms. The van der Waals surface area contributed by atoms with Gasteiger partial charge in [0, 0.05) is 12.4 Å². The van der Waals surface area contributed by atoms with E-state index in [1.807, 2.05) is 19.1 Å². The summed E-state index contributed by atoms with van der Waals surface area (Å²) < 4.78 is 5.09. The Morgan fingerprint density at radius 2 is 1.75 bits per heavy atom. The van der Waals surface area contributed by atoms with Gasteiger partial charge in [-0.25, -0.2) is 14.8 Å². The van der Waals surface area contributed by atoms with Gasteiger partial charge in [-0.15, -0.1) is 0 Å². The Morgan fingerprint density at radius 3 is 2.38 bits per heavy atom. The topological polar surface area (TPSA) is 52.1 Å². The van der Waals surface area contributed by atoms with Crippen molar-refractivity contribution in [3.05, 3.63) is 54.1 Å². The van der Waals surface area contributed by atoms with Gasteiger partial charge < -0.3 is 4.74 Å². The molecule has 4 nitrogen and oxygen atoms in total. The number of esters is 1. The second kappa shape index (κ2) is 4.53. The Balaban J connectivity index is 2.11. The van der Waals surface area contributed by atoms with Crippen LogP contribution in [0.25, 0.3) is 0 Å². The van der Waals surface area contributed by atoms with E-state index < -0.39 is 5.97 Å². The molecule has 1 aromatic carbocycles. The lowest BCUT2D eigenvalue weighted by Crippen LogP contribution is -2.12. The molecule has 0 atom stereocenters. The van der Waals surface area contributed by atoms with E-state index in [1.165, 1.54) is 12.4 Å². The van der Waals surface area contributed by atoms with Crippen molar-refractivity contribution < 1.29 is 9.53 Å². The number of rotatable bonds is 2. The van der Waals surface area contributed by atoms with E-state index in [0.717, 1.165) is 5.56 Å². The molecule has 0 aliphatic heterocycles. The van der Waals surface area contributed by atoms with E-state index in [4.69, 9.17) is 4.74 Å². The van der Waals surface area contributed by atoms with Crippen molar-refractivity contribution in [2.75, 3.05) is 0 Å². The van der Waals surface area contributed by atoms with Crippen LogP contribution >= 0.6 is 0 Å². The van der Waals surface area contributed by atoms with E-state index in [0.29, 0.717) is 5.75 Å². The molecule has 0 radical (unpaired) electrons. The minimum Gasteiger partial charge on any atom is -0.421 e. The molecule has 0 aliphatic carbocycles. The summed E-state index contributed by atoms with van der Waals surface area (Å²) in [5.74, 6) is -0.00409. The summed E-state index contributed by atoms with van der Waals surface area (Å²) in [6, 6.07) is 8.85. The van der Waals surface area contributed by atoms with Gasteiger partial charge in [0.15, 0.2) is 0 Å². The third kappa shape index (κ3) is 2.42. The van der Waals surface area contributed by atoms with E-state index in [2.05, 4.69) is 9.97 Å². The number of carbonyl (C=O) groups excluding carboxylic acids is 1. The van der Waals surface area contributed by atoms with Gasteiger partial charge in [0.2, 0.25) is 5.82 Å². The molecule has 0 N–H and O–H groups in total. The van der Waals surface area contributed by atoms with Crippen molar-refractivity contribution in [2.45, 2.75) is 6.92 Å². The maximum Gasteiger partial charge on any atom is 0.381 e. The van der Waals surface area contributed by atoms with E-state index in [9.17, 15) is 4.79 Å². The molecule has 0 unspecified atom stereocenters. The van der Waals surface area contributed by atoms with Crippen LogP contribution in [0.15, 0.2) is 42.7 Å². The van der Waals surface area contributed by atoms with Crippen LogP contribution in [0.3, 0.4) is 0 Å². The second-order valence-corrected chi connectivity index (χ2v) is 3.27. The molecule has 80 valence electrons. The molecule has 1 aromatic heterocycles. The van der Waals surface area contributed by atoms with Crippen LogP contribution in [0.2, 0.25) is 0 Å². The van der Waals surface area contributed by atoms with Crippen molar-refractivity contribution in [2.24, 2.45) is 0 Å². The highest BCUT2D eigenvalue weighted by atomic mass is 16.5. The van der Waals surface area contributed by atoms with Gasteiger partial charge in [0.05, 0.1) is 0 Å². The van der Waals surface area contributed by atoms with Gasteiger partial charge in [0.1, 0.15) is 5.75 Å². The fraction of sp³-hybridized carbons (Fsp3) is 0.0833.